The van der Waals surface area contributed by atoms with E-state index in [4.69, 9.17) is 9.47 Å². The maximum atomic E-state index is 10.4. The summed E-state index contributed by atoms with van der Waals surface area (Å²) in [7, 11) is 2.14. The van der Waals surface area contributed by atoms with Crippen molar-refractivity contribution in [3.8, 4) is 11.5 Å². The Hall–Kier alpha value is -1.30. The first-order chi connectivity index (χ1) is 10.2. The lowest BCUT2D eigenvalue weighted by atomic mass is 9.95. The number of hydrogen-bond donors (Lipinski definition) is 1. The molecule has 0 amide bonds. The molecule has 2 aliphatic heterocycles. The first kappa shape index (κ1) is 14.6. The highest BCUT2D eigenvalue weighted by Gasteiger charge is 2.36. The van der Waals surface area contributed by atoms with Gasteiger partial charge in [0.2, 0.25) is 0 Å². The zero-order valence-corrected chi connectivity index (χ0v) is 12.8. The van der Waals surface area contributed by atoms with Gasteiger partial charge in [0.1, 0.15) is 12.7 Å². The van der Waals surface area contributed by atoms with E-state index in [0.717, 1.165) is 43.2 Å². The van der Waals surface area contributed by atoms with Crippen molar-refractivity contribution in [3.05, 3.63) is 23.8 Å². The van der Waals surface area contributed by atoms with Gasteiger partial charge in [-0.1, -0.05) is 12.1 Å². The van der Waals surface area contributed by atoms with Crippen LogP contribution in [0.25, 0.3) is 0 Å². The smallest absolute Gasteiger partial charge is 0.166 e. The van der Waals surface area contributed by atoms with Crippen LogP contribution in [0.4, 0.5) is 0 Å². The van der Waals surface area contributed by atoms with Crippen molar-refractivity contribution in [2.24, 2.45) is 0 Å². The third-order valence-electron chi connectivity index (χ3n) is 4.32. The molecule has 0 saturated carbocycles. The van der Waals surface area contributed by atoms with E-state index < -0.39 is 6.10 Å². The lowest BCUT2D eigenvalue weighted by Gasteiger charge is -2.42. The summed E-state index contributed by atoms with van der Waals surface area (Å²) < 4.78 is 11.4. The molecule has 0 radical (unpaired) electrons. The quantitative estimate of drug-likeness (QED) is 0.905. The third kappa shape index (κ3) is 2.86. The fraction of sp³-hybridized carbons (Fsp3) is 0.625. The number of piperazine rings is 1. The van der Waals surface area contributed by atoms with Crippen LogP contribution in [0.3, 0.4) is 0 Å². The fourth-order valence-electron chi connectivity index (χ4n) is 3.20. The Morgan fingerprint density at radius 2 is 2.05 bits per heavy atom. The summed E-state index contributed by atoms with van der Waals surface area (Å²) >= 11 is 0. The summed E-state index contributed by atoms with van der Waals surface area (Å²) in [5, 5.41) is 10.4. The number of nitrogens with zero attached hydrogens (tertiary/aromatic N) is 2. The predicted molar refractivity (Wildman–Crippen MR) is 80.9 cm³/mol. The molecule has 5 heteroatoms. The lowest BCUT2D eigenvalue weighted by molar-refractivity contribution is -0.0162. The van der Waals surface area contributed by atoms with Crippen molar-refractivity contribution in [2.75, 3.05) is 46.4 Å². The van der Waals surface area contributed by atoms with Crippen molar-refractivity contribution >= 4 is 0 Å². The van der Waals surface area contributed by atoms with Crippen LogP contribution in [0, 0.1) is 0 Å². The second-order valence-corrected chi connectivity index (χ2v) is 5.77. The van der Waals surface area contributed by atoms with E-state index in [1.165, 1.54) is 0 Å². The van der Waals surface area contributed by atoms with Crippen LogP contribution in [0.1, 0.15) is 18.5 Å². The molecule has 5 nitrogen and oxygen atoms in total. The molecule has 0 aliphatic carbocycles. The molecule has 21 heavy (non-hydrogen) atoms. The van der Waals surface area contributed by atoms with Crippen LogP contribution in [-0.2, 0) is 0 Å². The number of para-hydroxylation sites is 1. The van der Waals surface area contributed by atoms with Gasteiger partial charge in [-0.3, -0.25) is 4.90 Å². The van der Waals surface area contributed by atoms with E-state index in [9.17, 15) is 5.11 Å². The minimum Gasteiger partial charge on any atom is -0.490 e. The van der Waals surface area contributed by atoms with E-state index in [2.05, 4.69) is 16.8 Å². The van der Waals surface area contributed by atoms with Gasteiger partial charge in [0.25, 0.3) is 0 Å². The SMILES string of the molecule is CCOc1cccc2c1OCC(O)C2N1CCN(C)CC1. The number of likely N-dealkylation sites (N-methyl/N-ethyl adjacent to an activating group) is 1. The second kappa shape index (κ2) is 6.22. The van der Waals surface area contributed by atoms with Crippen LogP contribution in [-0.4, -0.2) is 67.5 Å². The standard InChI is InChI=1S/C16H24N2O3/c1-3-20-14-6-4-5-12-15(13(19)11-21-16(12)14)18-9-7-17(2)8-10-18/h4-6,13,15,19H,3,7-11H2,1-2H3. The predicted octanol–water partition coefficient (Wildman–Crippen LogP) is 1.13. The van der Waals surface area contributed by atoms with E-state index in [0.29, 0.717) is 13.2 Å². The van der Waals surface area contributed by atoms with Gasteiger partial charge in [0.05, 0.1) is 12.6 Å². The molecule has 2 unspecified atom stereocenters. The molecule has 1 N–H and O–H groups in total. The van der Waals surface area contributed by atoms with Gasteiger partial charge in [0.15, 0.2) is 11.5 Å². The van der Waals surface area contributed by atoms with Crippen LogP contribution in [0.15, 0.2) is 18.2 Å². The monoisotopic (exact) mass is 292 g/mol. The van der Waals surface area contributed by atoms with Crippen LogP contribution in [0.5, 0.6) is 11.5 Å². The maximum absolute atomic E-state index is 10.4. The number of aliphatic hydroxyl groups is 1. The number of benzene rings is 1. The first-order valence-corrected chi connectivity index (χ1v) is 7.70. The minimum atomic E-state index is -0.488. The summed E-state index contributed by atoms with van der Waals surface area (Å²) in [5.41, 5.74) is 1.05. The van der Waals surface area contributed by atoms with Crippen molar-refractivity contribution < 1.29 is 14.6 Å². The molecule has 0 aromatic heterocycles. The number of ether oxygens (including phenoxy) is 2. The first-order valence-electron chi connectivity index (χ1n) is 7.70. The molecular weight excluding hydrogens is 268 g/mol. The van der Waals surface area contributed by atoms with Gasteiger partial charge in [-0.15, -0.1) is 0 Å². The summed E-state index contributed by atoms with van der Waals surface area (Å²) in [4.78, 5) is 4.68. The van der Waals surface area contributed by atoms with Crippen molar-refractivity contribution in [1.82, 2.24) is 9.80 Å². The Morgan fingerprint density at radius 1 is 1.29 bits per heavy atom. The van der Waals surface area contributed by atoms with Gasteiger partial charge in [-0.05, 0) is 20.0 Å². The lowest BCUT2D eigenvalue weighted by Crippen LogP contribution is -2.50. The molecule has 2 atom stereocenters. The Morgan fingerprint density at radius 3 is 2.76 bits per heavy atom. The van der Waals surface area contributed by atoms with E-state index >= 15 is 0 Å². The van der Waals surface area contributed by atoms with Crippen molar-refractivity contribution in [1.29, 1.82) is 0 Å². The average molecular weight is 292 g/mol. The zero-order valence-electron chi connectivity index (χ0n) is 12.8. The summed E-state index contributed by atoms with van der Waals surface area (Å²) in [6, 6.07) is 5.96. The van der Waals surface area contributed by atoms with Crippen molar-refractivity contribution in [2.45, 2.75) is 19.1 Å². The van der Waals surface area contributed by atoms with Crippen LogP contribution in [0.2, 0.25) is 0 Å². The van der Waals surface area contributed by atoms with Gasteiger partial charge < -0.3 is 19.5 Å². The largest absolute Gasteiger partial charge is 0.490 e. The molecule has 1 fully saturated rings. The van der Waals surface area contributed by atoms with Crippen LogP contribution < -0.4 is 9.47 Å². The number of rotatable bonds is 3. The normalized spacial score (nSPS) is 27.0. The molecular formula is C16H24N2O3. The van der Waals surface area contributed by atoms with Gasteiger partial charge >= 0.3 is 0 Å². The number of fused-ring (bicyclic) bond motifs is 1. The molecule has 0 bridgehead atoms. The second-order valence-electron chi connectivity index (χ2n) is 5.77. The molecule has 2 heterocycles. The maximum Gasteiger partial charge on any atom is 0.166 e. The molecule has 116 valence electrons. The topological polar surface area (TPSA) is 45.2 Å². The highest BCUT2D eigenvalue weighted by Crippen LogP contribution is 2.42. The fourth-order valence-corrected chi connectivity index (χ4v) is 3.20. The summed E-state index contributed by atoms with van der Waals surface area (Å²) in [5.74, 6) is 1.58. The Kier molecular flexibility index (Phi) is 4.33. The number of hydrogen-bond acceptors (Lipinski definition) is 5. The Balaban J connectivity index is 1.90. The van der Waals surface area contributed by atoms with Gasteiger partial charge in [0, 0.05) is 31.7 Å². The molecule has 1 aromatic rings. The van der Waals surface area contributed by atoms with Crippen molar-refractivity contribution in [3.63, 3.8) is 0 Å². The van der Waals surface area contributed by atoms with Gasteiger partial charge in [-0.2, -0.15) is 0 Å². The van der Waals surface area contributed by atoms with E-state index in [-0.39, 0.29) is 6.04 Å². The average Bonchev–Trinajstić information content (AvgIpc) is 2.49. The molecule has 1 aromatic carbocycles. The van der Waals surface area contributed by atoms with E-state index in [1.807, 2.05) is 25.1 Å². The van der Waals surface area contributed by atoms with E-state index in [1.54, 1.807) is 0 Å². The minimum absolute atomic E-state index is 0.00264. The number of aliphatic hydroxyl groups excluding tert-OH is 1. The zero-order chi connectivity index (χ0) is 14.8. The third-order valence-corrected chi connectivity index (χ3v) is 4.32. The summed E-state index contributed by atoms with van der Waals surface area (Å²) in [6.07, 6.45) is -0.488. The highest BCUT2D eigenvalue weighted by molar-refractivity contribution is 5.49. The Bertz CT molecular complexity index is 486. The molecule has 1 saturated heterocycles. The highest BCUT2D eigenvalue weighted by atomic mass is 16.5. The van der Waals surface area contributed by atoms with Crippen LogP contribution >= 0.6 is 0 Å². The molecule has 3 rings (SSSR count). The molecule has 0 spiro atoms. The summed E-state index contributed by atoms with van der Waals surface area (Å²) in [6.45, 7) is 6.91. The Labute approximate surface area is 126 Å². The molecule has 2 aliphatic rings. The van der Waals surface area contributed by atoms with Gasteiger partial charge in [-0.25, -0.2) is 0 Å².